The van der Waals surface area contributed by atoms with E-state index in [0.717, 1.165) is 0 Å². The molecule has 0 fully saturated rings. The molecule has 0 saturated heterocycles. The summed E-state index contributed by atoms with van der Waals surface area (Å²) < 4.78 is 17.0. The van der Waals surface area contributed by atoms with Crippen molar-refractivity contribution in [3.63, 3.8) is 0 Å². The fourth-order valence-electron chi connectivity index (χ4n) is 0. The van der Waals surface area contributed by atoms with Gasteiger partial charge in [-0.25, -0.2) is 0 Å². The van der Waals surface area contributed by atoms with Gasteiger partial charge in [-0.3, -0.25) is 10.8 Å². The van der Waals surface area contributed by atoms with E-state index in [1.165, 1.54) is 13.8 Å². The summed E-state index contributed by atoms with van der Waals surface area (Å²) in [5, 5.41) is 12.6. The van der Waals surface area contributed by atoms with Crippen molar-refractivity contribution < 1.29 is 25.3 Å². The van der Waals surface area contributed by atoms with Gasteiger partial charge in [-0.1, -0.05) is 0 Å². The van der Waals surface area contributed by atoms with Crippen molar-refractivity contribution in [2.75, 3.05) is 0 Å². The Hall–Kier alpha value is -0.772. The molecule has 6 nitrogen and oxygen atoms in total. The first-order valence-electron chi connectivity index (χ1n) is 2.41. The third-order valence-corrected chi connectivity index (χ3v) is 0. The van der Waals surface area contributed by atoms with Gasteiger partial charge in [0.1, 0.15) is 0 Å². The van der Waals surface area contributed by atoms with E-state index in [2.05, 4.69) is 0 Å². The van der Waals surface area contributed by atoms with Crippen molar-refractivity contribution in [1.29, 1.82) is 10.8 Å². The van der Waals surface area contributed by atoms with Gasteiger partial charge in [-0.05, 0) is 13.8 Å². The SMILES string of the molecule is CC(=N)N.CC(=N)N.[O]=[Mo]=[O]. The average molecular weight is 244 g/mol. The van der Waals surface area contributed by atoms with Gasteiger partial charge in [0.05, 0.1) is 11.7 Å². The standard InChI is InChI=1S/2C2H6N2.Mo.2O/c2*1-2(3)4;;;/h2*1H3,(H3,3,4);;;. The number of hydrogen-bond donors (Lipinski definition) is 4. The van der Waals surface area contributed by atoms with Crippen LogP contribution in [0.25, 0.3) is 0 Å². The molecule has 0 aromatic carbocycles. The number of rotatable bonds is 0. The number of amidine groups is 2. The van der Waals surface area contributed by atoms with E-state index in [0.29, 0.717) is 0 Å². The molecule has 6 N–H and O–H groups in total. The van der Waals surface area contributed by atoms with E-state index in [1.54, 1.807) is 0 Å². The molecule has 0 heterocycles. The second kappa shape index (κ2) is 16.1. The van der Waals surface area contributed by atoms with Gasteiger partial charge in [0.25, 0.3) is 0 Å². The fraction of sp³-hybridized carbons (Fsp3) is 0.500. The van der Waals surface area contributed by atoms with Crippen LogP contribution < -0.4 is 11.5 Å². The molecular formula is C4H12MoN4O2. The van der Waals surface area contributed by atoms with Crippen LogP contribution in [0.3, 0.4) is 0 Å². The Bertz CT molecular complexity index is 132. The first-order valence-corrected chi connectivity index (χ1v) is 4.05. The van der Waals surface area contributed by atoms with E-state index in [4.69, 9.17) is 29.1 Å². The van der Waals surface area contributed by atoms with E-state index in [1.807, 2.05) is 0 Å². The maximum absolute atomic E-state index is 8.50. The third-order valence-electron chi connectivity index (χ3n) is 0. The monoisotopic (exact) mass is 246 g/mol. The topological polar surface area (TPSA) is 134 Å². The van der Waals surface area contributed by atoms with Crippen molar-refractivity contribution in [2.45, 2.75) is 13.8 Å². The van der Waals surface area contributed by atoms with Gasteiger partial charge in [0.15, 0.2) is 0 Å². The third kappa shape index (κ3) is 810. The first-order chi connectivity index (χ1) is 4.88. The van der Waals surface area contributed by atoms with Crippen molar-refractivity contribution in [1.82, 2.24) is 0 Å². The van der Waals surface area contributed by atoms with Crippen molar-refractivity contribution >= 4 is 11.7 Å². The van der Waals surface area contributed by atoms with Crippen LogP contribution in [0.15, 0.2) is 0 Å². The van der Waals surface area contributed by atoms with Crippen molar-refractivity contribution in [3.05, 3.63) is 0 Å². The van der Waals surface area contributed by atoms with Crippen LogP contribution in [0.1, 0.15) is 13.8 Å². The molecule has 66 valence electrons. The Kier molecular flexibility index (Phi) is 24.4. The van der Waals surface area contributed by atoms with Gasteiger partial charge in [0.2, 0.25) is 0 Å². The van der Waals surface area contributed by atoms with Crippen LogP contribution in [0.2, 0.25) is 0 Å². The molecular weight excluding hydrogens is 232 g/mol. The van der Waals surface area contributed by atoms with E-state index >= 15 is 0 Å². The average Bonchev–Trinajstić information content (AvgIpc) is 1.60. The molecule has 0 aliphatic heterocycles. The van der Waals surface area contributed by atoms with Crippen LogP contribution in [-0.4, -0.2) is 11.7 Å². The molecule has 0 rings (SSSR count). The molecule has 0 atom stereocenters. The van der Waals surface area contributed by atoms with E-state index in [-0.39, 0.29) is 11.7 Å². The fourth-order valence-corrected chi connectivity index (χ4v) is 0. The minimum atomic E-state index is -2.03. The summed E-state index contributed by atoms with van der Waals surface area (Å²) in [7, 11) is 0. The Morgan fingerprint density at radius 1 is 1.09 bits per heavy atom. The van der Waals surface area contributed by atoms with Gasteiger partial charge < -0.3 is 11.5 Å². The van der Waals surface area contributed by atoms with Gasteiger partial charge in [-0.15, -0.1) is 0 Å². The Balaban J connectivity index is -0.0000000886. The number of nitrogens with one attached hydrogen (secondary N) is 2. The molecule has 0 radical (unpaired) electrons. The molecule has 0 spiro atoms. The molecule has 0 aliphatic carbocycles. The second-order valence-electron chi connectivity index (χ2n) is 1.43. The normalized spacial score (nSPS) is 5.64. The molecule has 0 aromatic heterocycles. The summed E-state index contributed by atoms with van der Waals surface area (Å²) in [5.74, 6) is 0.333. The van der Waals surface area contributed by atoms with Crippen LogP contribution in [0.5, 0.6) is 0 Å². The molecule has 0 unspecified atom stereocenters. The number of nitrogens with two attached hydrogens (primary N) is 2. The van der Waals surface area contributed by atoms with Gasteiger partial charge in [0, 0.05) is 0 Å². The molecule has 0 aliphatic rings. The molecule has 11 heavy (non-hydrogen) atoms. The summed E-state index contributed by atoms with van der Waals surface area (Å²) >= 11 is -2.03. The summed E-state index contributed by atoms with van der Waals surface area (Å²) in [6.07, 6.45) is 0. The van der Waals surface area contributed by atoms with Gasteiger partial charge >= 0.3 is 25.3 Å². The number of hydrogen-bond acceptors (Lipinski definition) is 4. The second-order valence-corrected chi connectivity index (χ2v) is 1.77. The molecule has 0 saturated carbocycles. The van der Waals surface area contributed by atoms with Crippen LogP contribution in [-0.2, 0) is 25.3 Å². The zero-order chi connectivity index (χ0) is 9.86. The predicted octanol–water partition coefficient (Wildman–Crippen LogP) is -0.356. The quantitative estimate of drug-likeness (QED) is 0.263. The van der Waals surface area contributed by atoms with Crippen LogP contribution >= 0.6 is 0 Å². The zero-order valence-electron chi connectivity index (χ0n) is 6.38. The van der Waals surface area contributed by atoms with E-state index in [9.17, 15) is 0 Å². The summed E-state index contributed by atoms with van der Waals surface area (Å²) in [5.41, 5.74) is 9.39. The summed E-state index contributed by atoms with van der Waals surface area (Å²) in [6, 6.07) is 0. The minimum absolute atomic E-state index is 0.167. The van der Waals surface area contributed by atoms with Crippen LogP contribution in [0.4, 0.5) is 0 Å². The van der Waals surface area contributed by atoms with Gasteiger partial charge in [-0.2, -0.15) is 0 Å². The molecule has 0 aromatic rings. The predicted molar refractivity (Wildman–Crippen MR) is 36.5 cm³/mol. The Labute approximate surface area is 73.5 Å². The maximum atomic E-state index is 8.50. The van der Waals surface area contributed by atoms with Crippen LogP contribution in [0, 0.1) is 10.8 Å². The summed E-state index contributed by atoms with van der Waals surface area (Å²) in [6.45, 7) is 3.06. The first kappa shape index (κ1) is 16.7. The zero-order valence-corrected chi connectivity index (χ0v) is 8.39. The molecule has 0 bridgehead atoms. The Morgan fingerprint density at radius 3 is 1.09 bits per heavy atom. The molecule has 7 heteroatoms. The molecule has 0 amide bonds. The van der Waals surface area contributed by atoms with Crippen molar-refractivity contribution in [2.24, 2.45) is 11.5 Å². The van der Waals surface area contributed by atoms with Crippen molar-refractivity contribution in [3.8, 4) is 0 Å². The Morgan fingerprint density at radius 2 is 1.09 bits per heavy atom. The summed E-state index contributed by atoms with van der Waals surface area (Å²) in [4.78, 5) is 0. The van der Waals surface area contributed by atoms with E-state index < -0.39 is 18.5 Å².